The zero-order valence-corrected chi connectivity index (χ0v) is 12.6. The lowest BCUT2D eigenvalue weighted by atomic mass is 10.1. The van der Waals surface area contributed by atoms with Crippen molar-refractivity contribution in [1.29, 1.82) is 0 Å². The van der Waals surface area contributed by atoms with Crippen molar-refractivity contribution in [1.82, 2.24) is 10.3 Å². The molecule has 1 heterocycles. The Bertz CT molecular complexity index is 672. The molecular weight excluding hydrogens is 287 g/mol. The molecule has 0 aliphatic heterocycles. The molecule has 2 aromatic rings. The van der Waals surface area contributed by atoms with E-state index in [0.717, 1.165) is 16.9 Å². The first-order chi connectivity index (χ1) is 10.5. The molecule has 2 rings (SSSR count). The van der Waals surface area contributed by atoms with Crippen molar-refractivity contribution in [2.24, 2.45) is 0 Å². The monoisotopic (exact) mass is 304 g/mol. The number of benzene rings is 1. The van der Waals surface area contributed by atoms with Crippen LogP contribution in [0.15, 0.2) is 30.5 Å². The quantitative estimate of drug-likeness (QED) is 0.942. The van der Waals surface area contributed by atoms with Gasteiger partial charge in [0.05, 0.1) is 19.3 Å². The molecule has 0 saturated carbocycles. The van der Waals surface area contributed by atoms with Gasteiger partial charge in [-0.3, -0.25) is 4.98 Å². The highest BCUT2D eigenvalue weighted by Gasteiger charge is 2.11. The van der Waals surface area contributed by atoms with E-state index in [1.165, 1.54) is 24.3 Å². The summed E-state index contributed by atoms with van der Waals surface area (Å²) in [5, 5.41) is 2.60. The number of nitrogens with zero attached hydrogens (tertiary/aromatic N) is 1. The van der Waals surface area contributed by atoms with E-state index in [9.17, 15) is 9.18 Å². The van der Waals surface area contributed by atoms with Crippen molar-refractivity contribution in [3.05, 3.63) is 53.1 Å². The molecule has 1 aromatic carbocycles. The van der Waals surface area contributed by atoms with E-state index < -0.39 is 6.09 Å². The predicted octanol–water partition coefficient (Wildman–Crippen LogP) is 3.13. The summed E-state index contributed by atoms with van der Waals surface area (Å²) in [6.45, 7) is 3.99. The number of methoxy groups -OCH3 is 1. The highest BCUT2D eigenvalue weighted by Crippen LogP contribution is 2.23. The summed E-state index contributed by atoms with van der Waals surface area (Å²) in [7, 11) is 1.59. The van der Waals surface area contributed by atoms with E-state index in [0.29, 0.717) is 5.69 Å². The average molecular weight is 304 g/mol. The Labute approximate surface area is 128 Å². The Balaban J connectivity index is 1.98. The molecule has 1 amide bonds. The molecule has 0 aliphatic carbocycles. The highest BCUT2D eigenvalue weighted by molar-refractivity contribution is 5.70. The number of aryl methyl sites for hydroxylation is 1. The van der Waals surface area contributed by atoms with Crippen LogP contribution in [0, 0.1) is 19.7 Å². The van der Waals surface area contributed by atoms with Gasteiger partial charge in [-0.05, 0) is 38.1 Å². The van der Waals surface area contributed by atoms with Gasteiger partial charge < -0.3 is 14.8 Å². The molecule has 0 spiro atoms. The first-order valence-electron chi connectivity index (χ1n) is 6.71. The Morgan fingerprint density at radius 1 is 1.27 bits per heavy atom. The molecule has 1 aromatic heterocycles. The van der Waals surface area contributed by atoms with Crippen LogP contribution in [0.4, 0.5) is 9.18 Å². The fourth-order valence-corrected chi connectivity index (χ4v) is 2.05. The maximum Gasteiger partial charge on any atom is 0.412 e. The van der Waals surface area contributed by atoms with Gasteiger partial charge in [0.15, 0.2) is 0 Å². The van der Waals surface area contributed by atoms with Crippen molar-refractivity contribution in [3.63, 3.8) is 0 Å². The second kappa shape index (κ2) is 6.89. The number of carbonyl (C=O) groups is 1. The lowest BCUT2D eigenvalue weighted by Crippen LogP contribution is -2.27. The summed E-state index contributed by atoms with van der Waals surface area (Å²) in [4.78, 5) is 16.0. The Kier molecular flexibility index (Phi) is 4.93. The van der Waals surface area contributed by atoms with Crippen LogP contribution in [-0.2, 0) is 6.54 Å². The molecule has 6 heteroatoms. The maximum atomic E-state index is 12.8. The molecule has 0 atom stereocenters. The van der Waals surface area contributed by atoms with E-state index in [2.05, 4.69) is 10.3 Å². The molecule has 1 N–H and O–H groups in total. The first kappa shape index (κ1) is 15.8. The van der Waals surface area contributed by atoms with Gasteiger partial charge in [0.25, 0.3) is 0 Å². The van der Waals surface area contributed by atoms with Crippen molar-refractivity contribution < 1.29 is 18.7 Å². The van der Waals surface area contributed by atoms with Gasteiger partial charge in [-0.2, -0.15) is 0 Å². The first-order valence-corrected chi connectivity index (χ1v) is 6.71. The van der Waals surface area contributed by atoms with Gasteiger partial charge in [-0.25, -0.2) is 9.18 Å². The van der Waals surface area contributed by atoms with Gasteiger partial charge in [-0.1, -0.05) is 0 Å². The normalized spacial score (nSPS) is 10.2. The zero-order chi connectivity index (χ0) is 16.1. The largest absolute Gasteiger partial charge is 0.496 e. The van der Waals surface area contributed by atoms with Crippen LogP contribution in [0.5, 0.6) is 11.5 Å². The van der Waals surface area contributed by atoms with Crippen LogP contribution in [0.25, 0.3) is 0 Å². The highest BCUT2D eigenvalue weighted by atomic mass is 19.1. The number of pyridine rings is 1. The third-order valence-electron chi connectivity index (χ3n) is 3.17. The van der Waals surface area contributed by atoms with Crippen molar-refractivity contribution in [2.45, 2.75) is 20.4 Å². The number of hydrogen-bond donors (Lipinski definition) is 1. The lowest BCUT2D eigenvalue weighted by Gasteiger charge is -2.12. The molecule has 0 radical (unpaired) electrons. The van der Waals surface area contributed by atoms with Crippen LogP contribution in [0.3, 0.4) is 0 Å². The van der Waals surface area contributed by atoms with Crippen LogP contribution in [-0.4, -0.2) is 18.2 Å². The van der Waals surface area contributed by atoms with E-state index >= 15 is 0 Å². The summed E-state index contributed by atoms with van der Waals surface area (Å²) >= 11 is 0. The number of nitrogens with one attached hydrogen (secondary N) is 1. The predicted molar refractivity (Wildman–Crippen MR) is 79.5 cm³/mol. The van der Waals surface area contributed by atoms with Gasteiger partial charge in [0, 0.05) is 17.3 Å². The molecule has 5 nitrogen and oxygen atoms in total. The van der Waals surface area contributed by atoms with E-state index in [1.54, 1.807) is 13.3 Å². The van der Waals surface area contributed by atoms with E-state index in [4.69, 9.17) is 9.47 Å². The molecule has 0 unspecified atom stereocenters. The summed E-state index contributed by atoms with van der Waals surface area (Å²) in [6.07, 6.45) is 1.06. The minimum atomic E-state index is -0.632. The van der Waals surface area contributed by atoms with E-state index in [-0.39, 0.29) is 18.1 Å². The molecule has 0 bridgehead atoms. The molecule has 116 valence electrons. The topological polar surface area (TPSA) is 60.5 Å². The maximum absolute atomic E-state index is 12.8. The number of aromatic nitrogens is 1. The number of halogens is 1. The standard InChI is InChI=1S/C16H17FN2O3/c1-10-8-18-14(11(2)15(10)21-3)9-19-16(20)22-13-6-4-12(17)5-7-13/h4-8H,9H2,1-3H3,(H,19,20). The Hall–Kier alpha value is -2.63. The minimum Gasteiger partial charge on any atom is -0.496 e. The van der Waals surface area contributed by atoms with Crippen LogP contribution >= 0.6 is 0 Å². The Morgan fingerprint density at radius 3 is 2.59 bits per heavy atom. The van der Waals surface area contributed by atoms with Gasteiger partial charge in [0.2, 0.25) is 0 Å². The third kappa shape index (κ3) is 3.72. The number of ether oxygens (including phenoxy) is 2. The van der Waals surface area contributed by atoms with Gasteiger partial charge in [0.1, 0.15) is 17.3 Å². The second-order valence-corrected chi connectivity index (χ2v) is 4.74. The van der Waals surface area contributed by atoms with E-state index in [1.807, 2.05) is 13.8 Å². The van der Waals surface area contributed by atoms with Crippen LogP contribution < -0.4 is 14.8 Å². The SMILES string of the molecule is COc1c(C)cnc(CNC(=O)Oc2ccc(F)cc2)c1C. The van der Waals surface area contributed by atoms with Crippen LogP contribution in [0.2, 0.25) is 0 Å². The summed E-state index contributed by atoms with van der Waals surface area (Å²) < 4.78 is 23.1. The smallest absolute Gasteiger partial charge is 0.412 e. The third-order valence-corrected chi connectivity index (χ3v) is 3.17. The molecule has 0 fully saturated rings. The molecule has 22 heavy (non-hydrogen) atoms. The fraction of sp³-hybridized carbons (Fsp3) is 0.250. The second-order valence-electron chi connectivity index (χ2n) is 4.74. The summed E-state index contributed by atoms with van der Waals surface area (Å²) in [5.41, 5.74) is 2.49. The summed E-state index contributed by atoms with van der Waals surface area (Å²) in [5.74, 6) is 0.628. The van der Waals surface area contributed by atoms with Crippen LogP contribution in [0.1, 0.15) is 16.8 Å². The summed E-state index contributed by atoms with van der Waals surface area (Å²) in [6, 6.07) is 5.21. The lowest BCUT2D eigenvalue weighted by molar-refractivity contribution is 0.199. The number of hydrogen-bond acceptors (Lipinski definition) is 4. The fourth-order valence-electron chi connectivity index (χ4n) is 2.05. The minimum absolute atomic E-state index is 0.211. The molecule has 0 saturated heterocycles. The van der Waals surface area contributed by atoms with Gasteiger partial charge in [-0.15, -0.1) is 0 Å². The number of rotatable bonds is 4. The molecular formula is C16H17FN2O3. The number of amides is 1. The average Bonchev–Trinajstić information content (AvgIpc) is 2.49. The zero-order valence-electron chi connectivity index (χ0n) is 12.6. The Morgan fingerprint density at radius 2 is 1.95 bits per heavy atom. The molecule has 0 aliphatic rings. The van der Waals surface area contributed by atoms with Crippen molar-refractivity contribution in [3.8, 4) is 11.5 Å². The van der Waals surface area contributed by atoms with Crippen molar-refractivity contribution in [2.75, 3.05) is 7.11 Å². The van der Waals surface area contributed by atoms with Crippen molar-refractivity contribution >= 4 is 6.09 Å². The van der Waals surface area contributed by atoms with Gasteiger partial charge >= 0.3 is 6.09 Å². The number of carbonyl (C=O) groups excluding carboxylic acids is 1.